The molecule has 0 aliphatic heterocycles. The minimum Gasteiger partial charge on any atom is -0.324 e. The highest BCUT2D eigenvalue weighted by atomic mass is 35.5. The van der Waals surface area contributed by atoms with Crippen LogP contribution in [0.1, 0.15) is 19.7 Å². The molecule has 2 rings (SSSR count). The first kappa shape index (κ1) is 14.1. The Balaban J connectivity index is 2.69. The smallest absolute Gasteiger partial charge is 0.324 e. The van der Waals surface area contributed by atoms with Gasteiger partial charge in [-0.1, -0.05) is 11.6 Å². The van der Waals surface area contributed by atoms with E-state index in [0.717, 1.165) is 4.57 Å². The molecular formula is C11H12ClF3N4. The molecule has 0 fully saturated rings. The van der Waals surface area contributed by atoms with Gasteiger partial charge >= 0.3 is 6.18 Å². The quantitative estimate of drug-likeness (QED) is 0.926. The van der Waals surface area contributed by atoms with Crippen molar-refractivity contribution < 1.29 is 13.2 Å². The number of alkyl halides is 3. The molecule has 0 aliphatic carbocycles. The average molecular weight is 293 g/mol. The molecule has 0 spiro atoms. The van der Waals surface area contributed by atoms with Gasteiger partial charge in [-0.2, -0.15) is 13.2 Å². The monoisotopic (exact) mass is 292 g/mol. The van der Waals surface area contributed by atoms with Gasteiger partial charge in [0.15, 0.2) is 5.65 Å². The summed E-state index contributed by atoms with van der Waals surface area (Å²) in [4.78, 5) is 7.48. The topological polar surface area (TPSA) is 56.7 Å². The summed E-state index contributed by atoms with van der Waals surface area (Å²) in [6.07, 6.45) is -3.29. The number of hydrogen-bond acceptors (Lipinski definition) is 3. The van der Waals surface area contributed by atoms with E-state index in [-0.39, 0.29) is 22.7 Å². The first-order valence-corrected chi connectivity index (χ1v) is 5.83. The highest BCUT2D eigenvalue weighted by Crippen LogP contribution is 2.32. The van der Waals surface area contributed by atoms with E-state index in [0.29, 0.717) is 0 Å². The van der Waals surface area contributed by atoms with E-state index in [1.165, 1.54) is 12.3 Å². The normalized spacial score (nSPS) is 13.2. The summed E-state index contributed by atoms with van der Waals surface area (Å²) < 4.78 is 39.9. The molecule has 0 aliphatic rings. The highest BCUT2D eigenvalue weighted by Gasteiger charge is 2.38. The number of nitrogens with zero attached hydrogens (tertiary/aromatic N) is 3. The zero-order valence-corrected chi connectivity index (χ0v) is 11.0. The van der Waals surface area contributed by atoms with Crippen LogP contribution in [0.2, 0.25) is 5.02 Å². The van der Waals surface area contributed by atoms with Crippen molar-refractivity contribution >= 4 is 22.8 Å². The Morgan fingerprint density at radius 2 is 2.00 bits per heavy atom. The number of aromatic nitrogens is 3. The standard InChI is InChI=1S/C11H12ClF3N4/c1-10(2,16)5-19-8-7(3-6(12)4-17-8)18-9(19)11(13,14)15/h3-4H,5,16H2,1-2H3. The van der Waals surface area contributed by atoms with Crippen molar-refractivity contribution in [2.24, 2.45) is 5.73 Å². The molecule has 0 radical (unpaired) electrons. The van der Waals surface area contributed by atoms with Gasteiger partial charge in [0.05, 0.1) is 5.02 Å². The number of halogens is 4. The van der Waals surface area contributed by atoms with Crippen LogP contribution in [-0.4, -0.2) is 20.1 Å². The summed E-state index contributed by atoms with van der Waals surface area (Å²) in [7, 11) is 0. The van der Waals surface area contributed by atoms with E-state index < -0.39 is 17.5 Å². The van der Waals surface area contributed by atoms with Crippen LogP contribution in [0.25, 0.3) is 11.2 Å². The van der Waals surface area contributed by atoms with Crippen molar-refractivity contribution in [3.63, 3.8) is 0 Å². The third kappa shape index (κ3) is 2.98. The van der Waals surface area contributed by atoms with Crippen molar-refractivity contribution in [2.45, 2.75) is 32.1 Å². The lowest BCUT2D eigenvalue weighted by Gasteiger charge is -2.21. The summed E-state index contributed by atoms with van der Waals surface area (Å²) in [5.41, 5.74) is 5.19. The molecule has 0 unspecified atom stereocenters. The molecule has 104 valence electrons. The fraction of sp³-hybridized carbons (Fsp3) is 0.455. The molecule has 2 aromatic heterocycles. The molecule has 0 aromatic carbocycles. The van der Waals surface area contributed by atoms with Crippen LogP contribution >= 0.6 is 11.6 Å². The van der Waals surface area contributed by atoms with E-state index in [9.17, 15) is 13.2 Å². The van der Waals surface area contributed by atoms with Gasteiger partial charge in [0.1, 0.15) is 5.52 Å². The molecule has 4 nitrogen and oxygen atoms in total. The van der Waals surface area contributed by atoms with Crippen LogP contribution in [0.4, 0.5) is 13.2 Å². The second-order valence-corrected chi connectivity index (χ2v) is 5.44. The van der Waals surface area contributed by atoms with Crippen molar-refractivity contribution in [3.8, 4) is 0 Å². The molecule has 2 aromatic rings. The Morgan fingerprint density at radius 1 is 1.37 bits per heavy atom. The van der Waals surface area contributed by atoms with E-state index in [1.807, 2.05) is 0 Å². The van der Waals surface area contributed by atoms with Crippen LogP contribution in [0.15, 0.2) is 12.3 Å². The Kier molecular flexibility index (Phi) is 3.22. The molecule has 19 heavy (non-hydrogen) atoms. The lowest BCUT2D eigenvalue weighted by Crippen LogP contribution is -2.38. The van der Waals surface area contributed by atoms with Crippen molar-refractivity contribution in [3.05, 3.63) is 23.1 Å². The predicted molar refractivity (Wildman–Crippen MR) is 65.8 cm³/mol. The largest absolute Gasteiger partial charge is 0.449 e. The number of hydrogen-bond donors (Lipinski definition) is 1. The van der Waals surface area contributed by atoms with Gasteiger partial charge in [-0.25, -0.2) is 9.97 Å². The van der Waals surface area contributed by atoms with Crippen molar-refractivity contribution in [1.82, 2.24) is 14.5 Å². The predicted octanol–water partition coefficient (Wildman–Crippen LogP) is 2.84. The van der Waals surface area contributed by atoms with Crippen LogP contribution in [0, 0.1) is 0 Å². The van der Waals surface area contributed by atoms with Gasteiger partial charge in [-0.3, -0.25) is 0 Å². The average Bonchev–Trinajstić information content (AvgIpc) is 2.53. The number of rotatable bonds is 2. The molecule has 2 heterocycles. The fourth-order valence-electron chi connectivity index (χ4n) is 1.76. The summed E-state index contributed by atoms with van der Waals surface area (Å²) in [6.45, 7) is 3.22. The van der Waals surface area contributed by atoms with Crippen LogP contribution < -0.4 is 5.73 Å². The summed E-state index contributed by atoms with van der Waals surface area (Å²) in [6, 6.07) is 1.35. The van der Waals surface area contributed by atoms with Crippen molar-refractivity contribution in [1.29, 1.82) is 0 Å². The molecule has 0 atom stereocenters. The van der Waals surface area contributed by atoms with Crippen LogP contribution in [0.5, 0.6) is 0 Å². The minimum atomic E-state index is -4.57. The maximum Gasteiger partial charge on any atom is 0.449 e. The van der Waals surface area contributed by atoms with Gasteiger partial charge in [-0.15, -0.1) is 0 Å². The van der Waals surface area contributed by atoms with Gasteiger partial charge in [0.25, 0.3) is 0 Å². The first-order valence-electron chi connectivity index (χ1n) is 5.46. The number of pyridine rings is 1. The van der Waals surface area contributed by atoms with E-state index in [1.54, 1.807) is 13.8 Å². The van der Waals surface area contributed by atoms with E-state index >= 15 is 0 Å². The van der Waals surface area contributed by atoms with Crippen LogP contribution in [-0.2, 0) is 12.7 Å². The zero-order valence-electron chi connectivity index (χ0n) is 10.3. The molecule has 8 heteroatoms. The molecule has 0 bridgehead atoms. The maximum atomic E-state index is 13.0. The summed E-state index contributed by atoms with van der Waals surface area (Å²) in [5, 5.41) is 0.234. The van der Waals surface area contributed by atoms with Crippen molar-refractivity contribution in [2.75, 3.05) is 0 Å². The van der Waals surface area contributed by atoms with Gasteiger partial charge in [-0.05, 0) is 19.9 Å². The minimum absolute atomic E-state index is 0.0486. The second-order valence-electron chi connectivity index (χ2n) is 5.00. The summed E-state index contributed by atoms with van der Waals surface area (Å²) in [5.74, 6) is -1.02. The Morgan fingerprint density at radius 3 is 2.53 bits per heavy atom. The van der Waals surface area contributed by atoms with E-state index in [4.69, 9.17) is 17.3 Å². The van der Waals surface area contributed by atoms with Gasteiger partial charge < -0.3 is 10.3 Å². The third-order valence-corrected chi connectivity index (χ3v) is 2.58. The molecule has 0 amide bonds. The Hall–Kier alpha value is -1.34. The molecule has 0 saturated carbocycles. The fourth-order valence-corrected chi connectivity index (χ4v) is 1.91. The number of fused-ring (bicyclic) bond motifs is 1. The first-order chi connectivity index (χ1) is 8.58. The number of nitrogens with two attached hydrogens (primary N) is 1. The highest BCUT2D eigenvalue weighted by molar-refractivity contribution is 6.31. The van der Waals surface area contributed by atoms with Crippen LogP contribution in [0.3, 0.4) is 0 Å². The Bertz CT molecular complexity index is 613. The molecule has 0 saturated heterocycles. The zero-order chi connectivity index (χ0) is 14.4. The van der Waals surface area contributed by atoms with Gasteiger partial charge in [0, 0.05) is 18.3 Å². The lowest BCUT2D eigenvalue weighted by atomic mass is 10.1. The maximum absolute atomic E-state index is 13.0. The molecule has 2 N–H and O–H groups in total. The SMILES string of the molecule is CC(C)(N)Cn1c(C(F)(F)F)nc2cc(Cl)cnc21. The van der Waals surface area contributed by atoms with Gasteiger partial charge in [0.2, 0.25) is 5.82 Å². The molecular weight excluding hydrogens is 281 g/mol. The third-order valence-electron chi connectivity index (χ3n) is 2.37. The number of imidazole rings is 1. The lowest BCUT2D eigenvalue weighted by molar-refractivity contribution is -0.147. The Labute approximate surface area is 112 Å². The summed E-state index contributed by atoms with van der Waals surface area (Å²) >= 11 is 5.71. The second kappa shape index (κ2) is 4.35. The van der Waals surface area contributed by atoms with E-state index in [2.05, 4.69) is 9.97 Å².